The number of aromatic nitrogens is 2. The number of rotatable bonds is 10. The molecule has 33 heavy (non-hydrogen) atoms. The van der Waals surface area contributed by atoms with Crippen LogP contribution in [0.5, 0.6) is 0 Å². The van der Waals surface area contributed by atoms with Crippen molar-refractivity contribution >= 4 is 23.0 Å². The van der Waals surface area contributed by atoms with Gasteiger partial charge in [-0.2, -0.15) is 0 Å². The summed E-state index contributed by atoms with van der Waals surface area (Å²) in [6.07, 6.45) is 18.6. The Labute approximate surface area is 197 Å². The number of allylic oxidation sites excluding steroid dienone is 10. The zero-order valence-corrected chi connectivity index (χ0v) is 19.5. The minimum Gasteiger partial charge on any atom is -0.399 e. The fourth-order valence-corrected chi connectivity index (χ4v) is 3.04. The number of hydrogen-bond acceptors (Lipinski definition) is 5. The van der Waals surface area contributed by atoms with Gasteiger partial charge in [-0.3, -0.25) is 4.99 Å². The van der Waals surface area contributed by atoms with Crippen LogP contribution in [0.3, 0.4) is 0 Å². The normalized spacial score (nSPS) is 16.2. The van der Waals surface area contributed by atoms with Crippen molar-refractivity contribution in [2.24, 2.45) is 10.1 Å². The van der Waals surface area contributed by atoms with Gasteiger partial charge in [-0.1, -0.05) is 60.1 Å². The van der Waals surface area contributed by atoms with Crippen molar-refractivity contribution in [2.75, 3.05) is 19.4 Å². The summed E-state index contributed by atoms with van der Waals surface area (Å²) in [6.45, 7) is 2.44. The maximum absolute atomic E-state index is 14.0. The molecule has 1 aromatic heterocycles. The minimum absolute atomic E-state index is 0.0630. The molecule has 2 N–H and O–H groups in total. The van der Waals surface area contributed by atoms with Crippen molar-refractivity contribution in [3.05, 3.63) is 88.9 Å². The highest BCUT2D eigenvalue weighted by Crippen LogP contribution is 2.23. The monoisotopic (exact) mass is 475 g/mol. The molecule has 1 aliphatic rings. The number of halogens is 3. The predicted octanol–water partition coefficient (Wildman–Crippen LogP) is 5.44. The summed E-state index contributed by atoms with van der Waals surface area (Å²) in [4.78, 5) is 13.3. The standard InChI is InChI=1S/C24H28ClF2N5O/c1-3-8-19(25)10-6-11-20(31-33-2)12-7-14-32-16-22(28)24(30-17-32)29-15-18-9-4-5-13-21(26)23(18)27/h4-10,12,16-17H,3,11,13-15,28H2,1-2H3/b10-6-,12-7+,19-8+,29-24?,31-20-. The van der Waals surface area contributed by atoms with Crippen LogP contribution in [0.25, 0.3) is 0 Å². The maximum atomic E-state index is 14.0. The van der Waals surface area contributed by atoms with Gasteiger partial charge in [0.25, 0.3) is 0 Å². The molecule has 0 atom stereocenters. The van der Waals surface area contributed by atoms with E-state index in [2.05, 4.69) is 15.1 Å². The van der Waals surface area contributed by atoms with E-state index in [0.29, 0.717) is 23.7 Å². The van der Waals surface area contributed by atoms with Gasteiger partial charge in [-0.25, -0.2) is 13.8 Å². The molecule has 1 heterocycles. The molecule has 0 unspecified atom stereocenters. The summed E-state index contributed by atoms with van der Waals surface area (Å²) < 4.78 is 29.4. The largest absolute Gasteiger partial charge is 0.399 e. The Morgan fingerprint density at radius 3 is 2.88 bits per heavy atom. The third kappa shape index (κ3) is 9.02. The molecule has 0 fully saturated rings. The maximum Gasteiger partial charge on any atom is 0.174 e. The quantitative estimate of drug-likeness (QED) is 0.278. The molecule has 6 nitrogen and oxygen atoms in total. The average Bonchev–Trinajstić information content (AvgIpc) is 2.94. The Bertz CT molecular complexity index is 1090. The van der Waals surface area contributed by atoms with Gasteiger partial charge in [0.2, 0.25) is 0 Å². The highest BCUT2D eigenvalue weighted by atomic mass is 35.5. The fourth-order valence-electron chi connectivity index (χ4n) is 2.80. The average molecular weight is 476 g/mol. The van der Waals surface area contributed by atoms with Crippen LogP contribution in [-0.4, -0.2) is 28.9 Å². The molecule has 1 aliphatic carbocycles. The molecule has 0 bridgehead atoms. The van der Waals surface area contributed by atoms with Gasteiger partial charge in [0.15, 0.2) is 11.3 Å². The van der Waals surface area contributed by atoms with Gasteiger partial charge in [0.05, 0.1) is 24.3 Å². The summed E-state index contributed by atoms with van der Waals surface area (Å²) in [7, 11) is 1.49. The van der Waals surface area contributed by atoms with Crippen molar-refractivity contribution in [1.29, 1.82) is 0 Å². The van der Waals surface area contributed by atoms with Crippen LogP contribution in [0.1, 0.15) is 26.2 Å². The first kappa shape index (κ1) is 26.0. The summed E-state index contributed by atoms with van der Waals surface area (Å²) in [6, 6.07) is 0. The molecule has 0 saturated carbocycles. The fraction of sp³-hybridized carbons (Fsp3) is 0.292. The molecule has 2 rings (SSSR count). The van der Waals surface area contributed by atoms with E-state index in [0.717, 1.165) is 12.1 Å². The molecule has 0 radical (unpaired) electrons. The number of anilines is 1. The van der Waals surface area contributed by atoms with Gasteiger partial charge < -0.3 is 15.1 Å². The third-order valence-electron chi connectivity index (χ3n) is 4.38. The van der Waals surface area contributed by atoms with E-state index in [1.165, 1.54) is 13.2 Å². The first-order chi connectivity index (χ1) is 15.9. The molecule has 0 saturated heterocycles. The minimum atomic E-state index is -0.884. The van der Waals surface area contributed by atoms with E-state index in [1.807, 2.05) is 37.3 Å². The summed E-state index contributed by atoms with van der Waals surface area (Å²) in [5.41, 5.74) is 7.50. The number of nitrogens with two attached hydrogens (primary N) is 1. The van der Waals surface area contributed by atoms with Crippen LogP contribution >= 0.6 is 11.6 Å². The van der Waals surface area contributed by atoms with E-state index >= 15 is 0 Å². The molecule has 9 heteroatoms. The Morgan fingerprint density at radius 2 is 2.15 bits per heavy atom. The molecule has 0 aliphatic heterocycles. The Balaban J connectivity index is 2.03. The van der Waals surface area contributed by atoms with E-state index in [1.54, 1.807) is 29.2 Å². The van der Waals surface area contributed by atoms with Gasteiger partial charge in [-0.05, 0) is 18.6 Å². The zero-order chi connectivity index (χ0) is 24.1. The SMILES string of the molecule is CC/C=C(Cl)\C=C/CC(/C=C/Cn1cnc(=NCC2=CC=CCC(F)=C2F)c(N)c1)=N/OC. The van der Waals surface area contributed by atoms with Crippen LogP contribution in [0.15, 0.2) is 93.5 Å². The van der Waals surface area contributed by atoms with Gasteiger partial charge in [0.1, 0.15) is 12.9 Å². The van der Waals surface area contributed by atoms with Crippen molar-refractivity contribution in [3.8, 4) is 0 Å². The zero-order valence-electron chi connectivity index (χ0n) is 18.7. The molecule has 0 amide bonds. The number of oxime groups is 1. The van der Waals surface area contributed by atoms with Gasteiger partial charge >= 0.3 is 0 Å². The second-order valence-electron chi connectivity index (χ2n) is 6.98. The van der Waals surface area contributed by atoms with E-state index in [4.69, 9.17) is 22.2 Å². The van der Waals surface area contributed by atoms with E-state index in [9.17, 15) is 8.78 Å². The Morgan fingerprint density at radius 1 is 1.33 bits per heavy atom. The number of nitrogens with zero attached hydrogens (tertiary/aromatic N) is 4. The first-order valence-corrected chi connectivity index (χ1v) is 10.8. The smallest absolute Gasteiger partial charge is 0.174 e. The number of nitrogen functional groups attached to an aromatic ring is 1. The third-order valence-corrected chi connectivity index (χ3v) is 4.66. The molecular formula is C24H28ClF2N5O. The highest BCUT2D eigenvalue weighted by Gasteiger charge is 2.12. The van der Waals surface area contributed by atoms with E-state index in [-0.39, 0.29) is 24.0 Å². The van der Waals surface area contributed by atoms with Crippen LogP contribution in [0, 0.1) is 0 Å². The van der Waals surface area contributed by atoms with Crippen molar-refractivity contribution in [2.45, 2.75) is 32.7 Å². The second-order valence-corrected chi connectivity index (χ2v) is 7.42. The lowest BCUT2D eigenvalue weighted by Gasteiger charge is -2.05. The number of hydrogen-bond donors (Lipinski definition) is 1. The van der Waals surface area contributed by atoms with Crippen LogP contribution in [0.4, 0.5) is 14.5 Å². The van der Waals surface area contributed by atoms with Crippen molar-refractivity contribution in [1.82, 2.24) is 9.55 Å². The summed E-state index contributed by atoms with van der Waals surface area (Å²) >= 11 is 6.05. The lowest BCUT2D eigenvalue weighted by Crippen LogP contribution is -2.18. The Hall–Kier alpha value is -3.26. The summed E-state index contributed by atoms with van der Waals surface area (Å²) in [5, 5.41) is 4.67. The molecule has 1 aromatic rings. The van der Waals surface area contributed by atoms with Crippen molar-refractivity contribution in [3.63, 3.8) is 0 Å². The molecule has 0 aromatic carbocycles. The molecular weight excluding hydrogens is 448 g/mol. The molecule has 0 spiro atoms. The first-order valence-electron chi connectivity index (χ1n) is 10.5. The lowest BCUT2D eigenvalue weighted by molar-refractivity contribution is 0.213. The van der Waals surface area contributed by atoms with Crippen LogP contribution < -0.4 is 11.2 Å². The molecule has 176 valence electrons. The van der Waals surface area contributed by atoms with Crippen molar-refractivity contribution < 1.29 is 13.6 Å². The predicted molar refractivity (Wildman–Crippen MR) is 130 cm³/mol. The highest BCUT2D eigenvalue weighted by molar-refractivity contribution is 6.31. The topological polar surface area (TPSA) is 77.8 Å². The van der Waals surface area contributed by atoms with Crippen LogP contribution in [0.2, 0.25) is 0 Å². The Kier molecular flexibility index (Phi) is 11.0. The van der Waals surface area contributed by atoms with Crippen LogP contribution in [-0.2, 0) is 11.4 Å². The van der Waals surface area contributed by atoms with Gasteiger partial charge in [-0.15, -0.1) is 0 Å². The van der Waals surface area contributed by atoms with E-state index < -0.39 is 11.7 Å². The lowest BCUT2D eigenvalue weighted by atomic mass is 10.2. The second kappa shape index (κ2) is 14.0. The van der Waals surface area contributed by atoms with Gasteiger partial charge in [0, 0.05) is 36.2 Å². The summed E-state index contributed by atoms with van der Waals surface area (Å²) in [5.74, 6) is -1.69.